The number of hydrogen-bond donors (Lipinski definition) is 1. The first-order valence-electron chi connectivity index (χ1n) is 10.3. The summed E-state index contributed by atoms with van der Waals surface area (Å²) in [6.45, 7) is 4.14. The molecule has 0 bridgehead atoms. The third-order valence-corrected chi connectivity index (χ3v) is 8.54. The van der Waals surface area contributed by atoms with E-state index in [9.17, 15) is 14.3 Å². The number of alkyl halides is 1. The maximum absolute atomic E-state index is 13.5. The smallest absolute Gasteiger partial charge is 0.137 e. The summed E-state index contributed by atoms with van der Waals surface area (Å²) in [6.07, 6.45) is 11.9. The predicted molar refractivity (Wildman–Crippen MR) is 100.0 cm³/mol. The van der Waals surface area contributed by atoms with Crippen LogP contribution in [0.3, 0.4) is 0 Å². The van der Waals surface area contributed by atoms with Crippen molar-refractivity contribution in [2.24, 2.45) is 35.0 Å². The topological polar surface area (TPSA) is 37.3 Å². The summed E-state index contributed by atoms with van der Waals surface area (Å²) in [5, 5.41) is 11.2. The standard InChI is InChI=1S/C23H31FO2/c1-4-23(26)9-7-19-20-14(2)11-16-12-17(25)5-6-18(16)21(20)15(8-10-24)13-22(19,23)3/h1,14-15,19-21,26H,5-13H2,2-3H3/t14?,15-,19?,20?,21?,22-,23-/m0/s1. The second-order valence-electron chi connectivity index (χ2n) is 9.64. The van der Waals surface area contributed by atoms with Crippen LogP contribution >= 0.6 is 0 Å². The van der Waals surface area contributed by atoms with Gasteiger partial charge >= 0.3 is 0 Å². The lowest BCUT2D eigenvalue weighted by atomic mass is 9.47. The number of terminal acetylenes is 1. The van der Waals surface area contributed by atoms with E-state index in [1.807, 2.05) is 0 Å². The van der Waals surface area contributed by atoms with Crippen LogP contribution in [-0.2, 0) is 4.79 Å². The monoisotopic (exact) mass is 358 g/mol. The molecule has 4 aliphatic carbocycles. The summed E-state index contributed by atoms with van der Waals surface area (Å²) < 4.78 is 13.5. The molecule has 142 valence electrons. The van der Waals surface area contributed by atoms with Crippen molar-refractivity contribution in [1.29, 1.82) is 0 Å². The van der Waals surface area contributed by atoms with Gasteiger partial charge in [0.05, 0.1) is 6.67 Å². The number of halogens is 1. The first kappa shape index (κ1) is 18.2. The van der Waals surface area contributed by atoms with Gasteiger partial charge in [-0.15, -0.1) is 6.42 Å². The molecular weight excluding hydrogens is 327 g/mol. The van der Waals surface area contributed by atoms with E-state index < -0.39 is 5.60 Å². The van der Waals surface area contributed by atoms with E-state index in [0.29, 0.717) is 55.1 Å². The van der Waals surface area contributed by atoms with Crippen molar-refractivity contribution in [1.82, 2.24) is 0 Å². The maximum Gasteiger partial charge on any atom is 0.137 e. The minimum atomic E-state index is -1.06. The Morgan fingerprint density at radius 1 is 1.38 bits per heavy atom. The third kappa shape index (κ3) is 2.37. The van der Waals surface area contributed by atoms with Crippen LogP contribution in [0.1, 0.15) is 65.2 Å². The van der Waals surface area contributed by atoms with Gasteiger partial charge < -0.3 is 5.11 Å². The SMILES string of the molecule is C#C[C@]1(O)CCC2C3C(C)CC4=C(CCC(=O)C4)C3[C@@H](CCF)C[C@@]21C. The maximum atomic E-state index is 13.5. The molecule has 4 unspecified atom stereocenters. The van der Waals surface area contributed by atoms with Gasteiger partial charge in [-0.1, -0.05) is 30.9 Å². The average molecular weight is 358 g/mol. The summed E-state index contributed by atoms with van der Waals surface area (Å²) in [7, 11) is 0. The number of rotatable bonds is 2. The first-order chi connectivity index (χ1) is 12.3. The summed E-state index contributed by atoms with van der Waals surface area (Å²) in [4.78, 5) is 12.0. The molecule has 2 saturated carbocycles. The van der Waals surface area contributed by atoms with Crippen LogP contribution in [-0.4, -0.2) is 23.2 Å². The molecule has 0 aromatic carbocycles. The highest BCUT2D eigenvalue weighted by Gasteiger charge is 2.64. The van der Waals surface area contributed by atoms with Crippen LogP contribution in [0.2, 0.25) is 0 Å². The van der Waals surface area contributed by atoms with Gasteiger partial charge in [0.1, 0.15) is 11.4 Å². The van der Waals surface area contributed by atoms with Gasteiger partial charge in [-0.05, 0) is 68.1 Å². The zero-order valence-corrected chi connectivity index (χ0v) is 16.1. The first-order valence-corrected chi connectivity index (χ1v) is 10.3. The second-order valence-corrected chi connectivity index (χ2v) is 9.64. The minimum absolute atomic E-state index is 0.227. The molecule has 0 saturated heterocycles. The highest BCUT2D eigenvalue weighted by Crippen LogP contribution is 2.67. The van der Waals surface area contributed by atoms with Gasteiger partial charge in [-0.2, -0.15) is 0 Å². The average Bonchev–Trinajstić information content (AvgIpc) is 2.86. The van der Waals surface area contributed by atoms with Crippen LogP contribution in [0, 0.1) is 47.3 Å². The normalized spacial score (nSPS) is 47.8. The molecule has 4 aliphatic rings. The molecule has 0 spiro atoms. The summed E-state index contributed by atoms with van der Waals surface area (Å²) >= 11 is 0. The number of hydrogen-bond acceptors (Lipinski definition) is 2. The Kier molecular flexibility index (Phi) is 4.35. The highest BCUT2D eigenvalue weighted by atomic mass is 19.1. The molecular formula is C23H31FO2. The zero-order chi connectivity index (χ0) is 18.7. The number of carbonyl (C=O) groups excluding carboxylic acids is 1. The van der Waals surface area contributed by atoms with E-state index in [1.165, 1.54) is 11.1 Å². The highest BCUT2D eigenvalue weighted by molar-refractivity contribution is 5.82. The van der Waals surface area contributed by atoms with Gasteiger partial charge in [0.2, 0.25) is 0 Å². The summed E-state index contributed by atoms with van der Waals surface area (Å²) in [5.41, 5.74) is 1.45. The van der Waals surface area contributed by atoms with Crippen LogP contribution in [0.4, 0.5) is 4.39 Å². The summed E-state index contributed by atoms with van der Waals surface area (Å²) in [5.74, 6) is 5.01. The lowest BCUT2D eigenvalue weighted by molar-refractivity contribution is -0.120. The fraction of sp³-hybridized carbons (Fsp3) is 0.783. The van der Waals surface area contributed by atoms with E-state index in [2.05, 4.69) is 19.8 Å². The minimum Gasteiger partial charge on any atom is -0.377 e. The van der Waals surface area contributed by atoms with Crippen molar-refractivity contribution in [2.75, 3.05) is 6.67 Å². The molecule has 0 aromatic rings. The second kappa shape index (κ2) is 6.20. The zero-order valence-electron chi connectivity index (χ0n) is 16.1. The fourth-order valence-corrected chi connectivity index (χ4v) is 7.40. The Bertz CT molecular complexity index is 689. The molecule has 0 amide bonds. The molecule has 1 N–H and O–H groups in total. The van der Waals surface area contributed by atoms with Crippen LogP contribution < -0.4 is 0 Å². The molecule has 2 nitrogen and oxygen atoms in total. The lowest BCUT2D eigenvalue weighted by Crippen LogP contribution is -2.55. The van der Waals surface area contributed by atoms with E-state index in [1.54, 1.807) is 0 Å². The molecule has 0 aromatic heterocycles. The molecule has 3 heteroatoms. The summed E-state index contributed by atoms with van der Waals surface area (Å²) in [6, 6.07) is 0. The molecule has 0 heterocycles. The number of Topliss-reactive ketones (excluding diaryl/α,β-unsaturated/α-hetero) is 1. The quantitative estimate of drug-likeness (QED) is 0.584. The van der Waals surface area contributed by atoms with Crippen molar-refractivity contribution >= 4 is 5.78 Å². The van der Waals surface area contributed by atoms with Crippen molar-refractivity contribution in [3.8, 4) is 12.3 Å². The lowest BCUT2D eigenvalue weighted by Gasteiger charge is -2.58. The van der Waals surface area contributed by atoms with Gasteiger partial charge in [0.15, 0.2) is 0 Å². The fourth-order valence-electron chi connectivity index (χ4n) is 7.40. The van der Waals surface area contributed by atoms with E-state index in [-0.39, 0.29) is 18.0 Å². The van der Waals surface area contributed by atoms with E-state index in [0.717, 1.165) is 25.7 Å². The van der Waals surface area contributed by atoms with Crippen LogP contribution in [0.15, 0.2) is 11.1 Å². The van der Waals surface area contributed by atoms with Gasteiger partial charge in [-0.25, -0.2) is 0 Å². The van der Waals surface area contributed by atoms with Crippen molar-refractivity contribution < 1.29 is 14.3 Å². The van der Waals surface area contributed by atoms with Gasteiger partial charge in [-0.3, -0.25) is 9.18 Å². The number of aliphatic hydroxyl groups is 1. The molecule has 4 rings (SSSR count). The predicted octanol–water partition coefficient (Wildman–Crippen LogP) is 4.47. The van der Waals surface area contributed by atoms with Crippen molar-refractivity contribution in [2.45, 2.75) is 70.8 Å². The Hall–Kier alpha value is -1.14. The van der Waals surface area contributed by atoms with Crippen molar-refractivity contribution in [3.05, 3.63) is 11.1 Å². The van der Waals surface area contributed by atoms with Crippen LogP contribution in [0.5, 0.6) is 0 Å². The number of ketones is 1. The number of fused-ring (bicyclic) bond motifs is 4. The Morgan fingerprint density at radius 2 is 2.15 bits per heavy atom. The molecule has 0 aliphatic heterocycles. The largest absolute Gasteiger partial charge is 0.377 e. The molecule has 7 atom stereocenters. The molecule has 0 radical (unpaired) electrons. The number of allylic oxidation sites excluding steroid dienone is 2. The molecule has 2 fully saturated rings. The van der Waals surface area contributed by atoms with Gasteiger partial charge in [0, 0.05) is 18.3 Å². The number of carbonyl (C=O) groups is 1. The Labute approximate surface area is 156 Å². The van der Waals surface area contributed by atoms with Crippen LogP contribution in [0.25, 0.3) is 0 Å². The van der Waals surface area contributed by atoms with E-state index >= 15 is 0 Å². The Morgan fingerprint density at radius 3 is 2.85 bits per heavy atom. The van der Waals surface area contributed by atoms with Gasteiger partial charge in [0.25, 0.3) is 0 Å². The Balaban J connectivity index is 1.79. The van der Waals surface area contributed by atoms with E-state index in [4.69, 9.17) is 6.42 Å². The third-order valence-electron chi connectivity index (χ3n) is 8.54. The molecule has 26 heavy (non-hydrogen) atoms. The van der Waals surface area contributed by atoms with Crippen molar-refractivity contribution in [3.63, 3.8) is 0 Å².